The molecule has 10 heteroatoms. The Hall–Kier alpha value is -1.78. The lowest BCUT2D eigenvalue weighted by Crippen LogP contribution is -2.37. The molecule has 2 aromatic rings. The fraction of sp³-hybridized carbons (Fsp3) is 0.400. The normalized spacial score (nSPS) is 20.2. The van der Waals surface area contributed by atoms with Crippen molar-refractivity contribution in [1.29, 1.82) is 0 Å². The summed E-state index contributed by atoms with van der Waals surface area (Å²) < 4.78 is 28.3. The summed E-state index contributed by atoms with van der Waals surface area (Å²) >= 11 is 7.39. The summed E-state index contributed by atoms with van der Waals surface area (Å²) in [5.41, 5.74) is 2.73. The summed E-state index contributed by atoms with van der Waals surface area (Å²) in [5.74, 6) is -0.800. The van der Waals surface area contributed by atoms with Crippen molar-refractivity contribution in [3.63, 3.8) is 0 Å². The Bertz CT molecular complexity index is 962. The summed E-state index contributed by atoms with van der Waals surface area (Å²) in [7, 11) is -3.65. The number of halogens is 1. The Labute approximate surface area is 185 Å². The molecule has 0 spiro atoms. The van der Waals surface area contributed by atoms with E-state index in [4.69, 9.17) is 16.7 Å². The number of carboxylic acids is 1. The SMILES string of the molecule is O=C(O)CCC/C=C\[C@@H]1C[C@@H](NS(=O)(=O)c2ccc(Cl)cc2)CN1Cc1cscn1. The van der Waals surface area contributed by atoms with Gasteiger partial charge in [0.1, 0.15) is 0 Å². The molecule has 0 aliphatic carbocycles. The number of nitrogens with one attached hydrogen (secondary N) is 1. The van der Waals surface area contributed by atoms with E-state index in [1.165, 1.54) is 23.5 Å². The zero-order chi connectivity index (χ0) is 21.6. The van der Waals surface area contributed by atoms with Gasteiger partial charge in [-0.15, -0.1) is 11.3 Å². The lowest BCUT2D eigenvalue weighted by molar-refractivity contribution is -0.137. The van der Waals surface area contributed by atoms with E-state index in [0.29, 0.717) is 37.4 Å². The predicted molar refractivity (Wildman–Crippen MR) is 117 cm³/mol. The number of unbranched alkanes of at least 4 members (excludes halogenated alkanes) is 1. The molecule has 1 aromatic heterocycles. The largest absolute Gasteiger partial charge is 0.481 e. The van der Waals surface area contributed by atoms with Crippen LogP contribution in [0.1, 0.15) is 31.4 Å². The van der Waals surface area contributed by atoms with Crippen LogP contribution in [0.15, 0.2) is 52.2 Å². The minimum absolute atomic E-state index is 0.0504. The van der Waals surface area contributed by atoms with Crippen molar-refractivity contribution in [1.82, 2.24) is 14.6 Å². The molecule has 1 aliphatic heterocycles. The van der Waals surface area contributed by atoms with Crippen LogP contribution in [0.4, 0.5) is 0 Å². The van der Waals surface area contributed by atoms with E-state index >= 15 is 0 Å². The number of benzene rings is 1. The number of hydrogen-bond donors (Lipinski definition) is 2. The Balaban J connectivity index is 1.66. The molecule has 0 bridgehead atoms. The van der Waals surface area contributed by atoms with Crippen LogP contribution in [0.5, 0.6) is 0 Å². The topological polar surface area (TPSA) is 99.6 Å². The van der Waals surface area contributed by atoms with Crippen molar-refractivity contribution < 1.29 is 18.3 Å². The minimum atomic E-state index is -3.65. The number of hydrogen-bond acceptors (Lipinski definition) is 6. The van der Waals surface area contributed by atoms with Crippen LogP contribution in [0.2, 0.25) is 5.02 Å². The second kappa shape index (κ2) is 10.5. The Morgan fingerprint density at radius 3 is 2.80 bits per heavy atom. The lowest BCUT2D eigenvalue weighted by Gasteiger charge is -2.20. The molecule has 0 saturated carbocycles. The quantitative estimate of drug-likeness (QED) is 0.408. The molecule has 1 aliphatic rings. The molecular weight excluding hydrogens is 446 g/mol. The van der Waals surface area contributed by atoms with Crippen molar-refractivity contribution in [2.75, 3.05) is 6.54 Å². The first-order valence-electron chi connectivity index (χ1n) is 9.61. The number of aromatic nitrogens is 1. The van der Waals surface area contributed by atoms with E-state index in [1.807, 2.05) is 17.5 Å². The number of carboxylic acid groups (broad SMARTS) is 1. The minimum Gasteiger partial charge on any atom is -0.481 e. The van der Waals surface area contributed by atoms with Gasteiger partial charge >= 0.3 is 5.97 Å². The first-order chi connectivity index (χ1) is 14.3. The maximum atomic E-state index is 12.7. The average molecular weight is 470 g/mol. The molecule has 2 N–H and O–H groups in total. The second-order valence-corrected chi connectivity index (χ2v) is 10.1. The van der Waals surface area contributed by atoms with Crippen LogP contribution in [-0.4, -0.2) is 48.0 Å². The monoisotopic (exact) mass is 469 g/mol. The van der Waals surface area contributed by atoms with Crippen LogP contribution in [0.25, 0.3) is 0 Å². The van der Waals surface area contributed by atoms with E-state index < -0.39 is 16.0 Å². The molecule has 0 unspecified atom stereocenters. The maximum absolute atomic E-state index is 12.7. The van der Waals surface area contributed by atoms with E-state index in [1.54, 1.807) is 17.6 Å². The summed E-state index contributed by atoms with van der Waals surface area (Å²) in [4.78, 5) is 17.4. The van der Waals surface area contributed by atoms with Crippen molar-refractivity contribution in [2.45, 2.75) is 49.2 Å². The molecule has 3 rings (SSSR count). The highest BCUT2D eigenvalue weighted by atomic mass is 35.5. The zero-order valence-electron chi connectivity index (χ0n) is 16.3. The smallest absolute Gasteiger partial charge is 0.303 e. The summed E-state index contributed by atoms with van der Waals surface area (Å²) in [5, 5.41) is 11.2. The van der Waals surface area contributed by atoms with E-state index in [2.05, 4.69) is 14.6 Å². The van der Waals surface area contributed by atoms with Gasteiger partial charge in [0.25, 0.3) is 0 Å². The number of nitrogens with zero attached hydrogens (tertiary/aromatic N) is 2. The Kier molecular flexibility index (Phi) is 8.01. The molecule has 1 saturated heterocycles. The number of sulfonamides is 1. The van der Waals surface area contributed by atoms with Crippen LogP contribution in [0, 0.1) is 0 Å². The van der Waals surface area contributed by atoms with Gasteiger partial charge in [0.15, 0.2) is 0 Å². The predicted octanol–water partition coefficient (Wildman–Crippen LogP) is 3.53. The van der Waals surface area contributed by atoms with Gasteiger partial charge in [-0.2, -0.15) is 0 Å². The van der Waals surface area contributed by atoms with Gasteiger partial charge in [-0.1, -0.05) is 23.8 Å². The fourth-order valence-electron chi connectivity index (χ4n) is 3.45. The highest BCUT2D eigenvalue weighted by Crippen LogP contribution is 2.24. The molecule has 1 fully saturated rings. The van der Waals surface area contributed by atoms with E-state index in [9.17, 15) is 13.2 Å². The third-order valence-corrected chi connectivity index (χ3v) is 7.29. The van der Waals surface area contributed by atoms with Gasteiger partial charge in [-0.05, 0) is 43.5 Å². The molecular formula is C20H24ClN3O4S2. The van der Waals surface area contributed by atoms with Gasteiger partial charge < -0.3 is 5.11 Å². The van der Waals surface area contributed by atoms with Crippen molar-refractivity contribution >= 4 is 38.9 Å². The highest BCUT2D eigenvalue weighted by molar-refractivity contribution is 7.89. The number of likely N-dealkylation sites (tertiary alicyclic amines) is 1. The first-order valence-corrected chi connectivity index (χ1v) is 12.4. The molecule has 0 amide bonds. The third-order valence-electron chi connectivity index (χ3n) is 4.86. The Morgan fingerprint density at radius 2 is 2.13 bits per heavy atom. The van der Waals surface area contributed by atoms with Crippen molar-refractivity contribution in [3.8, 4) is 0 Å². The number of allylic oxidation sites excluding steroid dienone is 1. The lowest BCUT2D eigenvalue weighted by atomic mass is 10.1. The third kappa shape index (κ3) is 6.61. The molecule has 0 radical (unpaired) electrons. The fourth-order valence-corrected chi connectivity index (χ4v) is 5.37. The van der Waals surface area contributed by atoms with Crippen LogP contribution in [0.3, 0.4) is 0 Å². The van der Waals surface area contributed by atoms with Crippen LogP contribution >= 0.6 is 22.9 Å². The molecule has 7 nitrogen and oxygen atoms in total. The first kappa shape index (κ1) is 22.9. The Morgan fingerprint density at radius 1 is 1.37 bits per heavy atom. The van der Waals surface area contributed by atoms with Crippen molar-refractivity contribution in [3.05, 3.63) is 58.0 Å². The van der Waals surface area contributed by atoms with Crippen LogP contribution in [-0.2, 0) is 21.4 Å². The van der Waals surface area contributed by atoms with Gasteiger partial charge in [-0.25, -0.2) is 18.1 Å². The highest BCUT2D eigenvalue weighted by Gasteiger charge is 2.33. The van der Waals surface area contributed by atoms with Crippen molar-refractivity contribution in [2.24, 2.45) is 0 Å². The number of aliphatic carboxylic acids is 1. The van der Waals surface area contributed by atoms with Gasteiger partial charge in [0.05, 0.1) is 16.1 Å². The maximum Gasteiger partial charge on any atom is 0.303 e. The summed E-state index contributed by atoms with van der Waals surface area (Å²) in [6, 6.07) is 5.91. The molecule has 1 aromatic carbocycles. The summed E-state index contributed by atoms with van der Waals surface area (Å²) in [6.07, 6.45) is 6.06. The average Bonchev–Trinajstić information content (AvgIpc) is 3.32. The molecule has 2 heterocycles. The summed E-state index contributed by atoms with van der Waals surface area (Å²) in [6.45, 7) is 1.20. The van der Waals surface area contributed by atoms with Gasteiger partial charge in [0, 0.05) is 42.0 Å². The second-order valence-electron chi connectivity index (χ2n) is 7.20. The molecule has 162 valence electrons. The number of rotatable bonds is 10. The molecule has 2 atom stereocenters. The van der Waals surface area contributed by atoms with E-state index in [0.717, 1.165) is 5.69 Å². The zero-order valence-corrected chi connectivity index (χ0v) is 18.7. The van der Waals surface area contributed by atoms with Gasteiger partial charge in [0.2, 0.25) is 10.0 Å². The van der Waals surface area contributed by atoms with Crippen LogP contribution < -0.4 is 4.72 Å². The number of thiazole rings is 1. The van der Waals surface area contributed by atoms with E-state index in [-0.39, 0.29) is 23.4 Å². The molecule has 30 heavy (non-hydrogen) atoms. The van der Waals surface area contributed by atoms with Gasteiger partial charge in [-0.3, -0.25) is 9.69 Å². The number of carbonyl (C=O) groups is 1. The standard InChI is InChI=1S/C20H24ClN3O4S2/c21-15-6-8-19(9-7-15)30(27,28)23-16-10-18(4-2-1-3-5-20(25)26)24(11-16)12-17-13-29-14-22-17/h2,4,6-9,13-14,16,18,23H,1,3,5,10-12H2,(H,25,26)/b4-2-/t16-,18-/m1/s1.